The van der Waals surface area contributed by atoms with Crippen LogP contribution in [0.5, 0.6) is 0 Å². The molecule has 116 valence electrons. The zero-order valence-corrected chi connectivity index (χ0v) is 14.6. The fraction of sp³-hybridized carbons (Fsp3) is 0.294. The molecule has 0 fully saturated rings. The Morgan fingerprint density at radius 3 is 2.39 bits per heavy atom. The van der Waals surface area contributed by atoms with Crippen LogP contribution in [0.4, 0.5) is 0 Å². The third-order valence-corrected chi connectivity index (χ3v) is 4.99. The number of aryl methyl sites for hydroxylation is 5. The molecular weight excluding hydrogens is 306 g/mol. The zero-order valence-electron chi connectivity index (χ0n) is 13.8. The molecule has 0 aliphatic rings. The van der Waals surface area contributed by atoms with Gasteiger partial charge in [-0.05, 0) is 52.3 Å². The molecule has 4 heterocycles. The van der Waals surface area contributed by atoms with Gasteiger partial charge >= 0.3 is 0 Å². The summed E-state index contributed by atoms with van der Waals surface area (Å²) in [6, 6.07) is 4.17. The highest BCUT2D eigenvalue weighted by atomic mass is 32.1. The van der Waals surface area contributed by atoms with Crippen LogP contribution in [0.25, 0.3) is 26.3 Å². The van der Waals surface area contributed by atoms with Crippen LogP contribution in [0.15, 0.2) is 12.1 Å². The first-order chi connectivity index (χ1) is 10.9. The average Bonchev–Trinajstić information content (AvgIpc) is 2.97. The molecule has 0 aliphatic heterocycles. The molecular formula is C17H17N5S. The van der Waals surface area contributed by atoms with Crippen LogP contribution in [-0.4, -0.2) is 24.7 Å². The van der Waals surface area contributed by atoms with Crippen molar-refractivity contribution in [1.82, 2.24) is 24.7 Å². The maximum atomic E-state index is 4.70. The van der Waals surface area contributed by atoms with Gasteiger partial charge in [-0.3, -0.25) is 0 Å². The zero-order chi connectivity index (χ0) is 16.3. The molecule has 0 amide bonds. The summed E-state index contributed by atoms with van der Waals surface area (Å²) in [6.45, 7) is 10.1. The SMILES string of the molecule is Cc1cc(C)c2c(n1)sc1c(-n3nc(C)cc3C)nc(C)nc12. The van der Waals surface area contributed by atoms with Gasteiger partial charge in [0.05, 0.1) is 11.2 Å². The standard InChI is InChI=1S/C17H17N5S/c1-8-6-9(2)18-17-13(8)14-15(23-17)16(20-12(5)19-14)22-11(4)7-10(3)21-22/h6-7H,1-5H3. The Morgan fingerprint density at radius 2 is 1.70 bits per heavy atom. The van der Waals surface area contributed by atoms with E-state index < -0.39 is 0 Å². The van der Waals surface area contributed by atoms with Crippen molar-refractivity contribution >= 4 is 31.8 Å². The van der Waals surface area contributed by atoms with E-state index in [9.17, 15) is 0 Å². The van der Waals surface area contributed by atoms with Crippen molar-refractivity contribution < 1.29 is 0 Å². The van der Waals surface area contributed by atoms with E-state index in [2.05, 4.69) is 34.1 Å². The summed E-state index contributed by atoms with van der Waals surface area (Å²) in [5.74, 6) is 1.60. The third-order valence-electron chi connectivity index (χ3n) is 3.92. The predicted molar refractivity (Wildman–Crippen MR) is 93.5 cm³/mol. The maximum Gasteiger partial charge on any atom is 0.175 e. The van der Waals surface area contributed by atoms with Crippen LogP contribution in [0.2, 0.25) is 0 Å². The maximum absolute atomic E-state index is 4.70. The van der Waals surface area contributed by atoms with Gasteiger partial charge in [0.15, 0.2) is 5.82 Å². The number of nitrogens with zero attached hydrogens (tertiary/aromatic N) is 5. The van der Waals surface area contributed by atoms with Crippen LogP contribution in [-0.2, 0) is 0 Å². The van der Waals surface area contributed by atoms with Gasteiger partial charge in [0.2, 0.25) is 0 Å². The summed E-state index contributed by atoms with van der Waals surface area (Å²) >= 11 is 1.64. The molecule has 0 bridgehead atoms. The lowest BCUT2D eigenvalue weighted by atomic mass is 10.1. The first-order valence-electron chi connectivity index (χ1n) is 7.53. The Bertz CT molecular complexity index is 1070. The lowest BCUT2D eigenvalue weighted by molar-refractivity contribution is 0.805. The van der Waals surface area contributed by atoms with Crippen molar-refractivity contribution in [3.63, 3.8) is 0 Å². The van der Waals surface area contributed by atoms with E-state index in [0.717, 1.165) is 49.2 Å². The first-order valence-corrected chi connectivity index (χ1v) is 8.34. The highest BCUT2D eigenvalue weighted by molar-refractivity contribution is 7.25. The lowest BCUT2D eigenvalue weighted by Gasteiger charge is -2.06. The molecule has 6 heteroatoms. The van der Waals surface area contributed by atoms with E-state index in [0.29, 0.717) is 0 Å². The van der Waals surface area contributed by atoms with E-state index in [-0.39, 0.29) is 0 Å². The third kappa shape index (κ3) is 2.13. The number of rotatable bonds is 1. The average molecular weight is 323 g/mol. The topological polar surface area (TPSA) is 56.5 Å². The Balaban J connectivity index is 2.17. The van der Waals surface area contributed by atoms with Crippen LogP contribution >= 0.6 is 11.3 Å². The Hall–Kier alpha value is -2.34. The molecule has 0 aliphatic carbocycles. The Morgan fingerprint density at radius 1 is 0.913 bits per heavy atom. The highest BCUT2D eigenvalue weighted by Crippen LogP contribution is 2.36. The molecule has 0 radical (unpaired) electrons. The lowest BCUT2D eigenvalue weighted by Crippen LogP contribution is -2.04. The number of aromatic nitrogens is 5. The quantitative estimate of drug-likeness (QED) is 0.532. The van der Waals surface area contributed by atoms with Crippen molar-refractivity contribution in [2.24, 2.45) is 0 Å². The summed E-state index contributed by atoms with van der Waals surface area (Å²) in [7, 11) is 0. The normalized spacial score (nSPS) is 11.7. The number of thiophene rings is 1. The molecule has 4 rings (SSSR count). The van der Waals surface area contributed by atoms with Crippen LogP contribution in [0, 0.1) is 34.6 Å². The second-order valence-electron chi connectivity index (χ2n) is 5.97. The molecule has 0 spiro atoms. The summed E-state index contributed by atoms with van der Waals surface area (Å²) in [5.41, 5.74) is 5.26. The second kappa shape index (κ2) is 4.83. The largest absolute Gasteiger partial charge is 0.242 e. The molecule has 4 aromatic rings. The smallest absolute Gasteiger partial charge is 0.175 e. The molecule has 4 aromatic heterocycles. The summed E-state index contributed by atoms with van der Waals surface area (Å²) in [4.78, 5) is 15.1. The van der Waals surface area contributed by atoms with Gasteiger partial charge in [0, 0.05) is 16.8 Å². The minimum absolute atomic E-state index is 0.750. The van der Waals surface area contributed by atoms with Gasteiger partial charge in [-0.2, -0.15) is 5.10 Å². The number of fused-ring (bicyclic) bond motifs is 3. The molecule has 0 unspecified atom stereocenters. The van der Waals surface area contributed by atoms with Crippen molar-refractivity contribution in [2.75, 3.05) is 0 Å². The Kier molecular flexibility index (Phi) is 2.99. The minimum Gasteiger partial charge on any atom is -0.242 e. The Labute approximate surface area is 138 Å². The molecule has 0 atom stereocenters. The van der Waals surface area contributed by atoms with Crippen molar-refractivity contribution in [1.29, 1.82) is 0 Å². The van der Waals surface area contributed by atoms with Crippen LogP contribution < -0.4 is 0 Å². The van der Waals surface area contributed by atoms with Gasteiger partial charge in [0.1, 0.15) is 15.4 Å². The van der Waals surface area contributed by atoms with Gasteiger partial charge < -0.3 is 0 Å². The summed E-state index contributed by atoms with van der Waals surface area (Å²) in [5, 5.41) is 5.72. The molecule has 0 saturated carbocycles. The van der Waals surface area contributed by atoms with Gasteiger partial charge in [-0.1, -0.05) is 0 Å². The predicted octanol–water partition coefficient (Wildman–Crippen LogP) is 3.97. The second-order valence-corrected chi connectivity index (χ2v) is 6.97. The number of pyridine rings is 1. The first kappa shape index (κ1) is 14.3. The summed E-state index contributed by atoms with van der Waals surface area (Å²) < 4.78 is 2.95. The molecule has 0 aromatic carbocycles. The fourth-order valence-electron chi connectivity index (χ4n) is 3.06. The van der Waals surface area contributed by atoms with Crippen molar-refractivity contribution in [3.05, 3.63) is 40.6 Å². The number of hydrogen-bond donors (Lipinski definition) is 0. The number of hydrogen-bond acceptors (Lipinski definition) is 5. The van der Waals surface area contributed by atoms with Crippen molar-refractivity contribution in [2.45, 2.75) is 34.6 Å². The molecule has 0 N–H and O–H groups in total. The monoisotopic (exact) mass is 323 g/mol. The summed E-state index contributed by atoms with van der Waals surface area (Å²) in [6.07, 6.45) is 0. The van der Waals surface area contributed by atoms with Crippen molar-refractivity contribution in [3.8, 4) is 5.82 Å². The van der Waals surface area contributed by atoms with Gasteiger partial charge in [-0.15, -0.1) is 11.3 Å². The van der Waals surface area contributed by atoms with E-state index in [1.807, 2.05) is 32.4 Å². The molecule has 0 saturated heterocycles. The fourth-order valence-corrected chi connectivity index (χ4v) is 4.27. The van der Waals surface area contributed by atoms with Gasteiger partial charge in [-0.25, -0.2) is 19.6 Å². The molecule has 23 heavy (non-hydrogen) atoms. The van der Waals surface area contributed by atoms with E-state index in [1.54, 1.807) is 11.3 Å². The van der Waals surface area contributed by atoms with E-state index in [4.69, 9.17) is 4.98 Å². The molecule has 5 nitrogen and oxygen atoms in total. The van der Waals surface area contributed by atoms with Crippen LogP contribution in [0.1, 0.15) is 28.5 Å². The van der Waals surface area contributed by atoms with E-state index in [1.165, 1.54) is 5.56 Å². The van der Waals surface area contributed by atoms with Crippen LogP contribution in [0.3, 0.4) is 0 Å². The highest BCUT2D eigenvalue weighted by Gasteiger charge is 2.18. The van der Waals surface area contributed by atoms with Gasteiger partial charge in [0.25, 0.3) is 0 Å². The van der Waals surface area contributed by atoms with E-state index >= 15 is 0 Å². The minimum atomic E-state index is 0.750.